The number of nitrogens with zero attached hydrogens (tertiary/aromatic N) is 5. The van der Waals surface area contributed by atoms with Crippen molar-refractivity contribution in [3.63, 3.8) is 0 Å². The zero-order chi connectivity index (χ0) is 45.2. The molecule has 0 unspecified atom stereocenters. The molecule has 3 heterocycles. The summed E-state index contributed by atoms with van der Waals surface area (Å²) in [6.07, 6.45) is -4.52. The summed E-state index contributed by atoms with van der Waals surface area (Å²) in [5, 5.41) is 4.35. The SMILES string of the molecule is Cc1ccc(-c2cc(-c3nc(-c4ccccc4)nc(-c4ccccc4)n3)cc(-c3ccc(C(F)(F)F)cc3)c2-n2c3ccccc3c3cc4c5ccccc5n(-c5ccccc5)c4cc32)cc1. The number of rotatable bonds is 7. The Kier molecular flexibility index (Phi) is 9.43. The molecule has 67 heavy (non-hydrogen) atoms. The standard InChI is InChI=1S/C59H38F3N5/c1-37-25-27-38(28-26-37)47-33-42(58-64-56(40-15-5-2-6-16-40)63-57(65-58)41-17-7-3-8-18-41)34-48(39-29-31-43(32-30-39)59(60,61)62)55(47)67-52-24-14-12-22-46(52)50-35-49-45-21-11-13-23-51(45)66(53(49)36-54(50)67)44-19-9-4-10-20-44/h2-36H,1H3. The minimum absolute atomic E-state index is 0.428. The lowest BCUT2D eigenvalue weighted by atomic mass is 9.91. The first kappa shape index (κ1) is 39.9. The molecule has 8 heteroatoms. The van der Waals surface area contributed by atoms with Crippen LogP contribution in [0.2, 0.25) is 0 Å². The normalized spacial score (nSPS) is 11.9. The van der Waals surface area contributed by atoms with E-state index < -0.39 is 11.7 Å². The van der Waals surface area contributed by atoms with E-state index in [1.807, 2.05) is 78.9 Å². The Morgan fingerprint density at radius 1 is 0.358 bits per heavy atom. The lowest BCUT2D eigenvalue weighted by molar-refractivity contribution is -0.137. The van der Waals surface area contributed by atoms with Gasteiger partial charge in [0.1, 0.15) is 0 Å². The van der Waals surface area contributed by atoms with Crippen molar-refractivity contribution in [1.29, 1.82) is 0 Å². The van der Waals surface area contributed by atoms with Crippen LogP contribution >= 0.6 is 0 Å². The van der Waals surface area contributed by atoms with E-state index in [1.165, 1.54) is 0 Å². The third kappa shape index (κ3) is 6.93. The highest BCUT2D eigenvalue weighted by Crippen LogP contribution is 2.46. The molecule has 0 aliphatic rings. The van der Waals surface area contributed by atoms with Crippen LogP contribution in [0.3, 0.4) is 0 Å². The number of hydrogen-bond acceptors (Lipinski definition) is 3. The Morgan fingerprint density at radius 3 is 1.31 bits per heavy atom. The van der Waals surface area contributed by atoms with E-state index in [0.29, 0.717) is 34.2 Å². The molecule has 0 bridgehead atoms. The second-order valence-electron chi connectivity index (χ2n) is 16.8. The molecule has 0 atom stereocenters. The summed E-state index contributed by atoms with van der Waals surface area (Å²) in [6, 6.07) is 69.3. The van der Waals surface area contributed by atoms with Crippen molar-refractivity contribution in [2.75, 3.05) is 0 Å². The molecular weight excluding hydrogens is 836 g/mol. The Balaban J connectivity index is 1.22. The molecule has 5 nitrogen and oxygen atoms in total. The molecule has 0 aliphatic carbocycles. The highest BCUT2D eigenvalue weighted by Gasteiger charge is 2.31. The highest BCUT2D eigenvalue weighted by molar-refractivity contribution is 6.19. The molecule has 0 amide bonds. The molecule has 0 radical (unpaired) electrons. The van der Waals surface area contributed by atoms with Crippen LogP contribution < -0.4 is 0 Å². The molecule has 0 aliphatic heterocycles. The fourth-order valence-electron chi connectivity index (χ4n) is 9.48. The smallest absolute Gasteiger partial charge is 0.309 e. The van der Waals surface area contributed by atoms with E-state index >= 15 is 0 Å². The maximum atomic E-state index is 14.3. The van der Waals surface area contributed by atoms with Gasteiger partial charge in [0.15, 0.2) is 17.5 Å². The summed E-state index contributed by atoms with van der Waals surface area (Å²) in [7, 11) is 0. The lowest BCUT2D eigenvalue weighted by Gasteiger charge is -2.21. The van der Waals surface area contributed by atoms with Gasteiger partial charge in [0.25, 0.3) is 0 Å². The van der Waals surface area contributed by atoms with E-state index in [0.717, 1.165) is 94.9 Å². The van der Waals surface area contributed by atoms with Crippen molar-refractivity contribution in [2.45, 2.75) is 13.1 Å². The Morgan fingerprint density at radius 2 is 0.791 bits per heavy atom. The van der Waals surface area contributed by atoms with Gasteiger partial charge in [-0.15, -0.1) is 0 Å². The second kappa shape index (κ2) is 15.8. The summed E-state index contributed by atoms with van der Waals surface area (Å²) in [5.74, 6) is 1.43. The molecule has 0 saturated carbocycles. The van der Waals surface area contributed by atoms with E-state index in [9.17, 15) is 13.2 Å². The first-order valence-corrected chi connectivity index (χ1v) is 22.1. The third-order valence-electron chi connectivity index (χ3n) is 12.7. The van der Waals surface area contributed by atoms with Crippen LogP contribution in [0.5, 0.6) is 0 Å². The molecular formula is C59H38F3N5. The van der Waals surface area contributed by atoms with Crippen molar-refractivity contribution in [2.24, 2.45) is 0 Å². The quantitative estimate of drug-likeness (QED) is 0.160. The Labute approximate surface area is 383 Å². The predicted molar refractivity (Wildman–Crippen MR) is 265 cm³/mol. The van der Waals surface area contributed by atoms with Crippen LogP contribution in [0.25, 0.3) is 111 Å². The molecule has 320 valence electrons. The van der Waals surface area contributed by atoms with Crippen molar-refractivity contribution in [1.82, 2.24) is 24.1 Å². The number of fused-ring (bicyclic) bond motifs is 6. The van der Waals surface area contributed by atoms with Gasteiger partial charge in [-0.3, -0.25) is 0 Å². The van der Waals surface area contributed by atoms with Gasteiger partial charge in [-0.05, 0) is 78.7 Å². The maximum absolute atomic E-state index is 14.3. The molecule has 0 N–H and O–H groups in total. The minimum atomic E-state index is -4.52. The average molecular weight is 874 g/mol. The van der Waals surface area contributed by atoms with Crippen molar-refractivity contribution >= 4 is 43.6 Å². The highest BCUT2D eigenvalue weighted by atomic mass is 19.4. The molecule has 0 fully saturated rings. The molecule has 0 saturated heterocycles. The topological polar surface area (TPSA) is 48.5 Å². The van der Waals surface area contributed by atoms with E-state index in [2.05, 4.69) is 125 Å². The van der Waals surface area contributed by atoms with Crippen LogP contribution in [0, 0.1) is 6.92 Å². The summed E-state index contributed by atoms with van der Waals surface area (Å²) < 4.78 is 47.4. The van der Waals surface area contributed by atoms with Gasteiger partial charge < -0.3 is 9.13 Å². The molecule has 9 aromatic carbocycles. The zero-order valence-corrected chi connectivity index (χ0v) is 36.1. The summed E-state index contributed by atoms with van der Waals surface area (Å²) >= 11 is 0. The van der Waals surface area contributed by atoms with Crippen LogP contribution in [0.1, 0.15) is 11.1 Å². The Bertz CT molecular complexity index is 3760. The van der Waals surface area contributed by atoms with E-state index in [4.69, 9.17) is 15.0 Å². The van der Waals surface area contributed by atoms with Gasteiger partial charge in [0.05, 0.1) is 33.3 Å². The summed E-state index contributed by atoms with van der Waals surface area (Å²) in [5.41, 5.74) is 11.6. The van der Waals surface area contributed by atoms with E-state index in [-0.39, 0.29) is 0 Å². The predicted octanol–water partition coefficient (Wildman–Crippen LogP) is 15.7. The van der Waals surface area contributed by atoms with Crippen LogP contribution in [0.4, 0.5) is 13.2 Å². The van der Waals surface area contributed by atoms with Gasteiger partial charge in [0.2, 0.25) is 0 Å². The number of alkyl halides is 3. The van der Waals surface area contributed by atoms with Gasteiger partial charge in [-0.2, -0.15) is 13.2 Å². The van der Waals surface area contributed by atoms with Crippen LogP contribution in [-0.4, -0.2) is 24.1 Å². The summed E-state index contributed by atoms with van der Waals surface area (Å²) in [6.45, 7) is 2.06. The Hall–Kier alpha value is -8.62. The maximum Gasteiger partial charge on any atom is 0.416 e. The first-order chi connectivity index (χ1) is 32.8. The number of halogens is 3. The fourth-order valence-corrected chi connectivity index (χ4v) is 9.48. The first-order valence-electron chi connectivity index (χ1n) is 22.1. The molecule has 0 spiro atoms. The number of para-hydroxylation sites is 3. The number of aromatic nitrogens is 5. The van der Waals surface area contributed by atoms with Crippen LogP contribution in [-0.2, 0) is 6.18 Å². The van der Waals surface area contributed by atoms with Gasteiger partial charge in [-0.25, -0.2) is 15.0 Å². The molecule has 3 aromatic heterocycles. The largest absolute Gasteiger partial charge is 0.416 e. The van der Waals surface area contributed by atoms with Gasteiger partial charge in [-0.1, -0.05) is 157 Å². The van der Waals surface area contributed by atoms with E-state index in [1.54, 1.807) is 12.1 Å². The minimum Gasteiger partial charge on any atom is -0.309 e. The van der Waals surface area contributed by atoms with Crippen molar-refractivity contribution in [3.8, 4) is 67.8 Å². The monoisotopic (exact) mass is 873 g/mol. The van der Waals surface area contributed by atoms with Gasteiger partial charge >= 0.3 is 6.18 Å². The van der Waals surface area contributed by atoms with Crippen LogP contribution in [0.15, 0.2) is 212 Å². The third-order valence-corrected chi connectivity index (χ3v) is 12.7. The zero-order valence-electron chi connectivity index (χ0n) is 36.1. The van der Waals surface area contributed by atoms with Crippen molar-refractivity contribution in [3.05, 3.63) is 223 Å². The fraction of sp³-hybridized carbons (Fsp3) is 0.0339. The van der Waals surface area contributed by atoms with Gasteiger partial charge in [0, 0.05) is 55.0 Å². The number of benzene rings is 9. The molecule has 12 rings (SSSR count). The number of hydrogen-bond donors (Lipinski definition) is 0. The lowest BCUT2D eigenvalue weighted by Crippen LogP contribution is -2.05. The number of aryl methyl sites for hydroxylation is 1. The second-order valence-corrected chi connectivity index (χ2v) is 16.8. The average Bonchev–Trinajstić information content (AvgIpc) is 3.87. The summed E-state index contributed by atoms with van der Waals surface area (Å²) in [4.78, 5) is 15.2. The molecule has 12 aromatic rings. The van der Waals surface area contributed by atoms with Crippen molar-refractivity contribution < 1.29 is 13.2 Å².